The van der Waals surface area contributed by atoms with E-state index in [9.17, 15) is 4.39 Å². The molecule has 102 valence electrons. The highest BCUT2D eigenvalue weighted by Gasteiger charge is 2.41. The SMILES string of the molecule is COc1ccc(F)cc1C(C)NC1CC2CC=CC21. The van der Waals surface area contributed by atoms with Gasteiger partial charge in [-0.25, -0.2) is 4.39 Å². The predicted octanol–water partition coefficient (Wildman–Crippen LogP) is 3.45. The molecular weight excluding hydrogens is 241 g/mol. The molecule has 0 saturated heterocycles. The van der Waals surface area contributed by atoms with Crippen LogP contribution in [0.25, 0.3) is 0 Å². The van der Waals surface area contributed by atoms with Crippen LogP contribution in [-0.2, 0) is 0 Å². The van der Waals surface area contributed by atoms with E-state index in [0.29, 0.717) is 12.0 Å². The molecule has 0 aliphatic heterocycles. The third-order valence-electron chi connectivity index (χ3n) is 4.49. The molecule has 1 fully saturated rings. The molecule has 1 N–H and O–H groups in total. The third kappa shape index (κ3) is 2.27. The Morgan fingerprint density at radius 3 is 3.00 bits per heavy atom. The van der Waals surface area contributed by atoms with Gasteiger partial charge in [-0.05, 0) is 49.8 Å². The molecular formula is C16H20FNO. The minimum Gasteiger partial charge on any atom is -0.496 e. The highest BCUT2D eigenvalue weighted by atomic mass is 19.1. The van der Waals surface area contributed by atoms with Crippen molar-refractivity contribution < 1.29 is 9.13 Å². The van der Waals surface area contributed by atoms with Crippen LogP contribution in [0.1, 0.15) is 31.4 Å². The summed E-state index contributed by atoms with van der Waals surface area (Å²) in [5.74, 6) is 2.04. The second kappa shape index (κ2) is 4.97. The summed E-state index contributed by atoms with van der Waals surface area (Å²) >= 11 is 0. The van der Waals surface area contributed by atoms with Crippen LogP contribution in [0.5, 0.6) is 5.75 Å². The predicted molar refractivity (Wildman–Crippen MR) is 73.6 cm³/mol. The second-order valence-corrected chi connectivity index (χ2v) is 5.62. The van der Waals surface area contributed by atoms with Gasteiger partial charge in [-0.15, -0.1) is 0 Å². The fourth-order valence-corrected chi connectivity index (χ4v) is 3.36. The Kier molecular flexibility index (Phi) is 3.31. The molecule has 1 saturated carbocycles. The van der Waals surface area contributed by atoms with Crippen molar-refractivity contribution in [2.24, 2.45) is 11.8 Å². The Labute approximate surface area is 113 Å². The molecule has 4 atom stereocenters. The zero-order chi connectivity index (χ0) is 13.4. The molecule has 0 amide bonds. The summed E-state index contributed by atoms with van der Waals surface area (Å²) in [5.41, 5.74) is 0.896. The first-order chi connectivity index (χ1) is 9.19. The number of rotatable bonds is 4. The van der Waals surface area contributed by atoms with E-state index >= 15 is 0 Å². The normalized spacial score (nSPS) is 29.7. The molecule has 19 heavy (non-hydrogen) atoms. The lowest BCUT2D eigenvalue weighted by molar-refractivity contribution is 0.152. The Hall–Kier alpha value is -1.35. The van der Waals surface area contributed by atoms with Gasteiger partial charge in [-0.1, -0.05) is 12.2 Å². The summed E-state index contributed by atoms with van der Waals surface area (Å²) in [6.45, 7) is 2.07. The average Bonchev–Trinajstić information content (AvgIpc) is 2.77. The van der Waals surface area contributed by atoms with E-state index in [1.165, 1.54) is 18.9 Å². The quantitative estimate of drug-likeness (QED) is 0.838. The van der Waals surface area contributed by atoms with Crippen LogP contribution in [0.3, 0.4) is 0 Å². The van der Waals surface area contributed by atoms with E-state index in [1.54, 1.807) is 19.2 Å². The average molecular weight is 261 g/mol. The zero-order valence-electron chi connectivity index (χ0n) is 11.4. The fourth-order valence-electron chi connectivity index (χ4n) is 3.36. The zero-order valence-corrected chi connectivity index (χ0v) is 11.4. The minimum absolute atomic E-state index is 0.102. The Bertz CT molecular complexity index is 500. The highest BCUT2D eigenvalue weighted by molar-refractivity contribution is 5.36. The molecule has 0 bridgehead atoms. The summed E-state index contributed by atoms with van der Waals surface area (Å²) in [4.78, 5) is 0. The fraction of sp³-hybridized carbons (Fsp3) is 0.500. The molecule has 2 aliphatic carbocycles. The van der Waals surface area contributed by atoms with Gasteiger partial charge < -0.3 is 10.1 Å². The van der Waals surface area contributed by atoms with Crippen LogP contribution in [0, 0.1) is 17.7 Å². The van der Waals surface area contributed by atoms with Crippen LogP contribution >= 0.6 is 0 Å². The van der Waals surface area contributed by atoms with E-state index < -0.39 is 0 Å². The topological polar surface area (TPSA) is 21.3 Å². The van der Waals surface area contributed by atoms with E-state index in [0.717, 1.165) is 17.2 Å². The molecule has 0 heterocycles. The lowest BCUT2D eigenvalue weighted by Crippen LogP contribution is -2.48. The standard InChI is InChI=1S/C16H20FNO/c1-10(14-9-12(17)6-7-16(14)19-2)18-15-8-11-4-3-5-13(11)15/h3,5-7,9-11,13,15,18H,4,8H2,1-2H3. The van der Waals surface area contributed by atoms with Gasteiger partial charge in [0, 0.05) is 17.6 Å². The number of allylic oxidation sites excluding steroid dienone is 1. The Morgan fingerprint density at radius 1 is 1.42 bits per heavy atom. The van der Waals surface area contributed by atoms with Crippen molar-refractivity contribution in [1.82, 2.24) is 5.32 Å². The number of fused-ring (bicyclic) bond motifs is 1. The molecule has 4 unspecified atom stereocenters. The van der Waals surface area contributed by atoms with E-state index in [2.05, 4.69) is 24.4 Å². The summed E-state index contributed by atoms with van der Waals surface area (Å²) < 4.78 is 18.7. The van der Waals surface area contributed by atoms with Gasteiger partial charge in [0.25, 0.3) is 0 Å². The van der Waals surface area contributed by atoms with Crippen molar-refractivity contribution in [2.45, 2.75) is 31.8 Å². The summed E-state index contributed by atoms with van der Waals surface area (Å²) in [6.07, 6.45) is 7.05. The molecule has 3 rings (SSSR count). The van der Waals surface area contributed by atoms with Crippen molar-refractivity contribution in [3.63, 3.8) is 0 Å². The maximum atomic E-state index is 13.4. The number of nitrogens with one attached hydrogen (secondary N) is 1. The Balaban J connectivity index is 1.71. The number of methoxy groups -OCH3 is 1. The first-order valence-electron chi connectivity index (χ1n) is 6.95. The molecule has 1 aromatic rings. The molecule has 3 heteroatoms. The smallest absolute Gasteiger partial charge is 0.123 e. The third-order valence-corrected chi connectivity index (χ3v) is 4.49. The molecule has 2 nitrogen and oxygen atoms in total. The van der Waals surface area contributed by atoms with Crippen LogP contribution < -0.4 is 10.1 Å². The van der Waals surface area contributed by atoms with Gasteiger partial charge in [-0.3, -0.25) is 0 Å². The van der Waals surface area contributed by atoms with E-state index in [1.807, 2.05) is 0 Å². The van der Waals surface area contributed by atoms with E-state index in [-0.39, 0.29) is 11.9 Å². The van der Waals surface area contributed by atoms with Crippen molar-refractivity contribution >= 4 is 0 Å². The summed E-state index contributed by atoms with van der Waals surface area (Å²) in [7, 11) is 1.63. The number of benzene rings is 1. The first-order valence-corrected chi connectivity index (χ1v) is 6.95. The largest absolute Gasteiger partial charge is 0.496 e. The maximum absolute atomic E-state index is 13.4. The van der Waals surface area contributed by atoms with Gasteiger partial charge >= 0.3 is 0 Å². The van der Waals surface area contributed by atoms with Gasteiger partial charge in [0.2, 0.25) is 0 Å². The molecule has 0 aromatic heterocycles. The monoisotopic (exact) mass is 261 g/mol. The lowest BCUT2D eigenvalue weighted by Gasteiger charge is -2.42. The molecule has 0 radical (unpaired) electrons. The van der Waals surface area contributed by atoms with Gasteiger partial charge in [0.05, 0.1) is 7.11 Å². The Morgan fingerprint density at radius 2 is 2.26 bits per heavy atom. The number of ether oxygens (including phenoxy) is 1. The van der Waals surface area contributed by atoms with Crippen molar-refractivity contribution in [3.8, 4) is 5.75 Å². The van der Waals surface area contributed by atoms with Gasteiger partial charge in [0.1, 0.15) is 11.6 Å². The van der Waals surface area contributed by atoms with Crippen molar-refractivity contribution in [2.75, 3.05) is 7.11 Å². The number of hydrogen-bond donors (Lipinski definition) is 1. The van der Waals surface area contributed by atoms with Crippen LogP contribution in [0.15, 0.2) is 30.4 Å². The highest BCUT2D eigenvalue weighted by Crippen LogP contribution is 2.43. The van der Waals surface area contributed by atoms with Gasteiger partial charge in [-0.2, -0.15) is 0 Å². The summed E-state index contributed by atoms with van der Waals surface area (Å²) in [6, 6.07) is 5.32. The number of hydrogen-bond acceptors (Lipinski definition) is 2. The van der Waals surface area contributed by atoms with E-state index in [4.69, 9.17) is 4.74 Å². The summed E-state index contributed by atoms with van der Waals surface area (Å²) in [5, 5.41) is 3.61. The lowest BCUT2D eigenvalue weighted by atomic mass is 9.71. The number of halogens is 1. The first kappa shape index (κ1) is 12.7. The molecule has 1 aromatic carbocycles. The van der Waals surface area contributed by atoms with Crippen LogP contribution in [-0.4, -0.2) is 13.2 Å². The molecule has 2 aliphatic rings. The van der Waals surface area contributed by atoms with Gasteiger partial charge in [0.15, 0.2) is 0 Å². The maximum Gasteiger partial charge on any atom is 0.123 e. The second-order valence-electron chi connectivity index (χ2n) is 5.62. The van der Waals surface area contributed by atoms with Crippen LogP contribution in [0.4, 0.5) is 4.39 Å². The van der Waals surface area contributed by atoms with Crippen molar-refractivity contribution in [1.29, 1.82) is 0 Å². The van der Waals surface area contributed by atoms with Crippen molar-refractivity contribution in [3.05, 3.63) is 41.7 Å². The van der Waals surface area contributed by atoms with Crippen LogP contribution in [0.2, 0.25) is 0 Å². The minimum atomic E-state index is -0.211. The molecule has 0 spiro atoms.